The van der Waals surface area contributed by atoms with Crippen LogP contribution in [-0.4, -0.2) is 18.2 Å². The van der Waals surface area contributed by atoms with Gasteiger partial charge in [-0.25, -0.2) is 10.4 Å². The van der Waals surface area contributed by atoms with Crippen molar-refractivity contribution < 1.29 is 9.59 Å². The van der Waals surface area contributed by atoms with E-state index < -0.39 is 0 Å². The highest BCUT2D eigenvalue weighted by Gasteiger charge is 2.28. The summed E-state index contributed by atoms with van der Waals surface area (Å²) in [5.41, 5.74) is 5.11. The summed E-state index contributed by atoms with van der Waals surface area (Å²) in [5.74, 6) is 0.839. The van der Waals surface area contributed by atoms with Crippen molar-refractivity contribution in [2.45, 2.75) is 25.2 Å². The van der Waals surface area contributed by atoms with Crippen LogP contribution < -0.4 is 10.4 Å². The fraction of sp³-hybridized carbons (Fsp3) is 0.385. The van der Waals surface area contributed by atoms with Gasteiger partial charge in [0.2, 0.25) is 5.91 Å². The molecule has 3 rings (SSSR count). The summed E-state index contributed by atoms with van der Waals surface area (Å²) in [7, 11) is 0. The molecular formula is C13H14N2O2. The van der Waals surface area contributed by atoms with Crippen molar-refractivity contribution in [3.63, 3.8) is 0 Å². The number of carbonyl (C=O) groups is 2. The minimum Gasteiger partial charge on any atom is -0.300 e. The van der Waals surface area contributed by atoms with Crippen LogP contribution >= 0.6 is 0 Å². The summed E-state index contributed by atoms with van der Waals surface area (Å²) in [6.07, 6.45) is 1.89. The van der Waals surface area contributed by atoms with Crippen LogP contribution in [0.15, 0.2) is 24.3 Å². The largest absolute Gasteiger partial charge is 0.300 e. The Kier molecular flexibility index (Phi) is 2.44. The summed E-state index contributed by atoms with van der Waals surface area (Å²) in [6, 6.07) is 7.90. The van der Waals surface area contributed by atoms with Gasteiger partial charge in [-0.05, 0) is 23.6 Å². The van der Waals surface area contributed by atoms with Gasteiger partial charge in [-0.1, -0.05) is 12.1 Å². The van der Waals surface area contributed by atoms with Crippen LogP contribution in [-0.2, 0) is 9.59 Å². The lowest BCUT2D eigenvalue weighted by Crippen LogP contribution is -2.34. The SMILES string of the molecule is O=C1CC(c2ccc(N3NCCC3=O)cc2)C1. The highest BCUT2D eigenvalue weighted by atomic mass is 16.2. The Morgan fingerprint density at radius 1 is 1.12 bits per heavy atom. The van der Waals surface area contributed by atoms with Crippen molar-refractivity contribution in [1.82, 2.24) is 5.43 Å². The van der Waals surface area contributed by atoms with Crippen molar-refractivity contribution in [3.05, 3.63) is 29.8 Å². The van der Waals surface area contributed by atoms with Gasteiger partial charge in [-0.2, -0.15) is 0 Å². The molecule has 1 N–H and O–H groups in total. The molecule has 4 nitrogen and oxygen atoms in total. The standard InChI is InChI=1S/C13H14N2O2/c16-12-7-10(8-12)9-1-3-11(4-2-9)15-13(17)5-6-14-15/h1-4,10,14H,5-8H2. The normalized spacial score (nSPS) is 20.8. The monoisotopic (exact) mass is 230 g/mol. The Labute approximate surface area is 99.6 Å². The van der Waals surface area contributed by atoms with E-state index in [0.29, 0.717) is 37.5 Å². The average Bonchev–Trinajstić information content (AvgIpc) is 2.72. The van der Waals surface area contributed by atoms with Crippen LogP contribution in [0.25, 0.3) is 0 Å². The lowest BCUT2D eigenvalue weighted by Gasteiger charge is -2.25. The molecule has 1 saturated heterocycles. The van der Waals surface area contributed by atoms with E-state index in [1.807, 2.05) is 24.3 Å². The van der Waals surface area contributed by atoms with Gasteiger partial charge in [0.25, 0.3) is 0 Å². The van der Waals surface area contributed by atoms with Gasteiger partial charge in [0.05, 0.1) is 5.69 Å². The molecule has 1 heterocycles. The average molecular weight is 230 g/mol. The number of anilines is 1. The first kappa shape index (κ1) is 10.5. The van der Waals surface area contributed by atoms with E-state index in [-0.39, 0.29) is 5.91 Å². The zero-order chi connectivity index (χ0) is 11.8. The summed E-state index contributed by atoms with van der Waals surface area (Å²) in [5, 5.41) is 1.59. The zero-order valence-electron chi connectivity index (χ0n) is 9.48. The zero-order valence-corrected chi connectivity index (χ0v) is 9.48. The fourth-order valence-corrected chi connectivity index (χ4v) is 2.33. The van der Waals surface area contributed by atoms with E-state index in [0.717, 1.165) is 5.69 Å². The maximum Gasteiger partial charge on any atom is 0.242 e. The molecule has 1 saturated carbocycles. The number of rotatable bonds is 2. The van der Waals surface area contributed by atoms with E-state index in [1.165, 1.54) is 5.56 Å². The Bertz CT molecular complexity index is 459. The maximum atomic E-state index is 11.5. The van der Waals surface area contributed by atoms with E-state index in [9.17, 15) is 9.59 Å². The summed E-state index contributed by atoms with van der Waals surface area (Å²) >= 11 is 0. The van der Waals surface area contributed by atoms with Crippen molar-refractivity contribution in [2.75, 3.05) is 11.6 Å². The van der Waals surface area contributed by atoms with Crippen molar-refractivity contribution in [1.29, 1.82) is 0 Å². The molecule has 0 aromatic heterocycles. The molecule has 88 valence electrons. The molecule has 1 aromatic rings. The number of hydrogen-bond acceptors (Lipinski definition) is 3. The number of nitrogens with zero attached hydrogens (tertiary/aromatic N) is 1. The lowest BCUT2D eigenvalue weighted by molar-refractivity contribution is -0.124. The van der Waals surface area contributed by atoms with Crippen LogP contribution in [0.4, 0.5) is 5.69 Å². The Hall–Kier alpha value is -1.68. The smallest absolute Gasteiger partial charge is 0.242 e. The van der Waals surface area contributed by atoms with Gasteiger partial charge < -0.3 is 0 Å². The molecule has 2 fully saturated rings. The van der Waals surface area contributed by atoms with E-state index in [2.05, 4.69) is 5.43 Å². The van der Waals surface area contributed by atoms with Crippen LogP contribution in [0.1, 0.15) is 30.7 Å². The van der Waals surface area contributed by atoms with Crippen molar-refractivity contribution in [3.8, 4) is 0 Å². The predicted molar refractivity (Wildman–Crippen MR) is 63.5 cm³/mol. The number of amides is 1. The number of carbonyl (C=O) groups excluding carboxylic acids is 2. The number of benzene rings is 1. The minimum atomic E-state index is 0.108. The molecule has 4 heteroatoms. The van der Waals surface area contributed by atoms with Crippen LogP contribution in [0.5, 0.6) is 0 Å². The Morgan fingerprint density at radius 3 is 2.35 bits per heavy atom. The molecular weight excluding hydrogens is 216 g/mol. The van der Waals surface area contributed by atoms with E-state index >= 15 is 0 Å². The molecule has 1 aliphatic heterocycles. The van der Waals surface area contributed by atoms with Gasteiger partial charge >= 0.3 is 0 Å². The summed E-state index contributed by atoms with van der Waals surface area (Å²) in [6.45, 7) is 0.706. The Balaban J connectivity index is 1.76. The molecule has 0 atom stereocenters. The molecule has 0 unspecified atom stereocenters. The van der Waals surface area contributed by atoms with E-state index in [4.69, 9.17) is 0 Å². The molecule has 1 amide bonds. The van der Waals surface area contributed by atoms with Crippen molar-refractivity contribution >= 4 is 17.4 Å². The second kappa shape index (κ2) is 3.96. The fourth-order valence-electron chi connectivity index (χ4n) is 2.33. The topological polar surface area (TPSA) is 49.4 Å². The first-order chi connectivity index (χ1) is 8.24. The first-order valence-corrected chi connectivity index (χ1v) is 5.92. The highest BCUT2D eigenvalue weighted by Crippen LogP contribution is 2.34. The minimum absolute atomic E-state index is 0.108. The second-order valence-corrected chi connectivity index (χ2v) is 4.62. The number of Topliss-reactive ketones (excluding diaryl/α,β-unsaturated/α-hetero) is 1. The first-order valence-electron chi connectivity index (χ1n) is 5.92. The quantitative estimate of drug-likeness (QED) is 0.835. The number of nitrogens with one attached hydrogen (secondary N) is 1. The molecule has 1 aromatic carbocycles. The molecule has 17 heavy (non-hydrogen) atoms. The number of ketones is 1. The van der Waals surface area contributed by atoms with Crippen LogP contribution in [0, 0.1) is 0 Å². The van der Waals surface area contributed by atoms with Gasteiger partial charge in [-0.15, -0.1) is 0 Å². The second-order valence-electron chi connectivity index (χ2n) is 4.62. The van der Waals surface area contributed by atoms with E-state index in [1.54, 1.807) is 5.01 Å². The van der Waals surface area contributed by atoms with Gasteiger partial charge in [0, 0.05) is 25.8 Å². The number of hydrazine groups is 1. The highest BCUT2D eigenvalue weighted by molar-refractivity contribution is 5.94. The van der Waals surface area contributed by atoms with Gasteiger partial charge in [-0.3, -0.25) is 9.59 Å². The third-order valence-corrected chi connectivity index (χ3v) is 3.43. The lowest BCUT2D eigenvalue weighted by atomic mass is 9.79. The van der Waals surface area contributed by atoms with Crippen LogP contribution in [0.2, 0.25) is 0 Å². The molecule has 0 spiro atoms. The van der Waals surface area contributed by atoms with Crippen molar-refractivity contribution in [2.24, 2.45) is 0 Å². The van der Waals surface area contributed by atoms with Crippen LogP contribution in [0.3, 0.4) is 0 Å². The maximum absolute atomic E-state index is 11.5. The third-order valence-electron chi connectivity index (χ3n) is 3.43. The number of hydrogen-bond donors (Lipinski definition) is 1. The third kappa shape index (κ3) is 1.85. The van der Waals surface area contributed by atoms with Gasteiger partial charge in [0.1, 0.15) is 5.78 Å². The molecule has 1 aliphatic carbocycles. The summed E-state index contributed by atoms with van der Waals surface area (Å²) < 4.78 is 0. The predicted octanol–water partition coefficient (Wildman–Crippen LogP) is 1.37. The summed E-state index contributed by atoms with van der Waals surface area (Å²) in [4.78, 5) is 22.5. The molecule has 0 radical (unpaired) electrons. The van der Waals surface area contributed by atoms with Gasteiger partial charge in [0.15, 0.2) is 0 Å². The Morgan fingerprint density at radius 2 is 1.82 bits per heavy atom. The molecule has 0 bridgehead atoms. The molecule has 2 aliphatic rings.